The number of nitriles is 1. The molecule has 36 heavy (non-hydrogen) atoms. The van der Waals surface area contributed by atoms with Gasteiger partial charge in [-0.25, -0.2) is 4.68 Å². The highest BCUT2D eigenvalue weighted by Gasteiger charge is 2.34. The number of benzene rings is 2. The van der Waals surface area contributed by atoms with Gasteiger partial charge >= 0.3 is 0 Å². The molecule has 0 saturated carbocycles. The number of nitrogens with zero attached hydrogens (tertiary/aromatic N) is 4. The van der Waals surface area contributed by atoms with Gasteiger partial charge in [0.15, 0.2) is 0 Å². The van der Waals surface area contributed by atoms with Crippen LogP contribution in [-0.2, 0) is 9.59 Å². The van der Waals surface area contributed by atoms with Crippen molar-refractivity contribution in [2.75, 3.05) is 13.2 Å². The summed E-state index contributed by atoms with van der Waals surface area (Å²) >= 11 is 0. The fraction of sp³-hybridized carbons (Fsp3) is 0.172. The molecule has 0 fully saturated rings. The highest BCUT2D eigenvalue weighted by Crippen LogP contribution is 2.32. The molecule has 0 atom stereocenters. The fourth-order valence-corrected chi connectivity index (χ4v) is 4.11. The summed E-state index contributed by atoms with van der Waals surface area (Å²) in [4.78, 5) is 26.9. The number of aryl methyl sites for hydroxylation is 1. The van der Waals surface area contributed by atoms with Gasteiger partial charge in [-0.05, 0) is 68.3 Å². The third-order valence-electron chi connectivity index (χ3n) is 6.01. The summed E-state index contributed by atoms with van der Waals surface area (Å²) in [5.74, 6) is -0.245. The number of hydrogen-bond acceptors (Lipinski definition) is 5. The minimum absolute atomic E-state index is 0.0285. The molecular weight excluding hydrogens is 452 g/mol. The first-order valence-electron chi connectivity index (χ1n) is 11.6. The van der Waals surface area contributed by atoms with Crippen LogP contribution in [0.5, 0.6) is 5.75 Å². The second kappa shape index (κ2) is 10.3. The third-order valence-corrected chi connectivity index (χ3v) is 6.01. The lowest BCUT2D eigenvalue weighted by atomic mass is 9.93. The van der Waals surface area contributed by atoms with Crippen LogP contribution in [0.3, 0.4) is 0 Å². The highest BCUT2D eigenvalue weighted by molar-refractivity contribution is 6.19. The van der Waals surface area contributed by atoms with Gasteiger partial charge in [-0.1, -0.05) is 30.9 Å². The second-order valence-corrected chi connectivity index (χ2v) is 8.32. The van der Waals surface area contributed by atoms with Crippen LogP contribution in [-0.4, -0.2) is 39.6 Å². The number of amides is 2. The van der Waals surface area contributed by atoms with Crippen LogP contribution in [0.25, 0.3) is 23.0 Å². The summed E-state index contributed by atoms with van der Waals surface area (Å²) in [6, 6.07) is 17.4. The Kier molecular flexibility index (Phi) is 6.98. The Balaban J connectivity index is 1.90. The standard InChI is InChI=1S/C29H26N4O3/c1-5-14-36-26-13-12-21(15-19(26)3)27-22(18-33(31-27)23-10-8-7-9-11-23)16-24-20(4)25(17-30)29(35)32(6-2)28(24)34/h5,7-13,15-16,18H,1,6,14H2,2-4H3/b24-16+. The molecule has 7 heteroatoms. The Hall–Kier alpha value is -4.70. The van der Waals surface area contributed by atoms with E-state index < -0.39 is 11.8 Å². The molecule has 2 amide bonds. The maximum atomic E-state index is 13.2. The van der Waals surface area contributed by atoms with Crippen molar-refractivity contribution < 1.29 is 14.3 Å². The largest absolute Gasteiger partial charge is 0.489 e. The molecule has 3 aromatic rings. The van der Waals surface area contributed by atoms with E-state index in [2.05, 4.69) is 6.58 Å². The first-order valence-corrected chi connectivity index (χ1v) is 11.6. The van der Waals surface area contributed by atoms with Gasteiger partial charge in [0.1, 0.15) is 24.0 Å². The lowest BCUT2D eigenvalue weighted by molar-refractivity contribution is -0.140. The number of hydrogen-bond donors (Lipinski definition) is 0. The van der Waals surface area contributed by atoms with Crippen LogP contribution in [0.2, 0.25) is 0 Å². The Morgan fingerprint density at radius 2 is 1.86 bits per heavy atom. The molecule has 4 rings (SSSR count). The van der Waals surface area contributed by atoms with Crippen LogP contribution >= 0.6 is 0 Å². The lowest BCUT2D eigenvalue weighted by Crippen LogP contribution is -2.42. The van der Waals surface area contributed by atoms with Gasteiger partial charge < -0.3 is 4.74 Å². The predicted octanol–water partition coefficient (Wildman–Crippen LogP) is 5.02. The third kappa shape index (κ3) is 4.49. The minimum Gasteiger partial charge on any atom is -0.489 e. The number of carbonyl (C=O) groups is 2. The van der Waals surface area contributed by atoms with Crippen molar-refractivity contribution in [2.45, 2.75) is 20.8 Å². The van der Waals surface area contributed by atoms with Crippen LogP contribution in [0.4, 0.5) is 0 Å². The molecule has 0 aliphatic carbocycles. The summed E-state index contributed by atoms with van der Waals surface area (Å²) in [7, 11) is 0. The molecule has 0 radical (unpaired) electrons. The number of carbonyl (C=O) groups excluding carboxylic acids is 2. The first kappa shape index (κ1) is 24.4. The van der Waals surface area contributed by atoms with Crippen molar-refractivity contribution in [1.29, 1.82) is 5.26 Å². The quantitative estimate of drug-likeness (QED) is 0.270. The smallest absolute Gasteiger partial charge is 0.271 e. The molecule has 0 N–H and O–H groups in total. The Bertz CT molecular complexity index is 1460. The number of para-hydroxylation sites is 1. The molecule has 0 unspecified atom stereocenters. The van der Waals surface area contributed by atoms with Gasteiger partial charge in [-0.3, -0.25) is 14.5 Å². The molecule has 1 aliphatic heterocycles. The Labute approximate surface area is 210 Å². The molecule has 0 bridgehead atoms. The van der Waals surface area contributed by atoms with E-state index in [9.17, 15) is 14.9 Å². The SMILES string of the molecule is C=CCOc1ccc(-c2nn(-c3ccccc3)cc2/C=C2/C(=O)N(CC)C(=O)C(C#N)=C2C)cc1C. The number of aromatic nitrogens is 2. The molecule has 2 aromatic carbocycles. The zero-order valence-corrected chi connectivity index (χ0v) is 20.5. The van der Waals surface area contributed by atoms with Crippen LogP contribution in [0, 0.1) is 18.3 Å². The van der Waals surface area contributed by atoms with Crippen LogP contribution in [0.1, 0.15) is 25.0 Å². The molecule has 0 saturated heterocycles. The van der Waals surface area contributed by atoms with E-state index in [0.29, 0.717) is 29.0 Å². The minimum atomic E-state index is -0.564. The summed E-state index contributed by atoms with van der Waals surface area (Å²) in [6.45, 7) is 9.56. The van der Waals surface area contributed by atoms with Crippen molar-refractivity contribution in [3.8, 4) is 28.8 Å². The molecule has 180 valence electrons. The van der Waals surface area contributed by atoms with E-state index in [1.807, 2.05) is 67.7 Å². The maximum absolute atomic E-state index is 13.2. The second-order valence-electron chi connectivity index (χ2n) is 8.32. The molecule has 1 aromatic heterocycles. The number of rotatable bonds is 7. The van der Waals surface area contributed by atoms with Crippen molar-refractivity contribution in [1.82, 2.24) is 14.7 Å². The Morgan fingerprint density at radius 3 is 2.50 bits per heavy atom. The van der Waals surface area contributed by atoms with E-state index in [1.165, 1.54) is 0 Å². The maximum Gasteiger partial charge on any atom is 0.271 e. The van der Waals surface area contributed by atoms with E-state index >= 15 is 0 Å². The highest BCUT2D eigenvalue weighted by atomic mass is 16.5. The van der Waals surface area contributed by atoms with Crippen molar-refractivity contribution >= 4 is 17.9 Å². The van der Waals surface area contributed by atoms with Gasteiger partial charge in [0.05, 0.1) is 11.4 Å². The Morgan fingerprint density at radius 1 is 1.11 bits per heavy atom. The summed E-state index contributed by atoms with van der Waals surface area (Å²) in [6.07, 6.45) is 5.24. The van der Waals surface area contributed by atoms with Crippen molar-refractivity contribution in [3.05, 3.63) is 95.2 Å². The normalized spacial score (nSPS) is 14.8. The summed E-state index contributed by atoms with van der Waals surface area (Å²) in [5, 5.41) is 14.4. The molecule has 2 heterocycles. The van der Waals surface area contributed by atoms with Gasteiger partial charge in [0.2, 0.25) is 0 Å². The van der Waals surface area contributed by atoms with E-state index in [-0.39, 0.29) is 12.1 Å². The summed E-state index contributed by atoms with van der Waals surface area (Å²) in [5.41, 5.74) is 4.60. The number of ether oxygens (including phenoxy) is 1. The van der Waals surface area contributed by atoms with Gasteiger partial charge in [0, 0.05) is 29.4 Å². The van der Waals surface area contributed by atoms with Crippen molar-refractivity contribution in [3.63, 3.8) is 0 Å². The van der Waals surface area contributed by atoms with Gasteiger partial charge in [0.25, 0.3) is 11.8 Å². The summed E-state index contributed by atoms with van der Waals surface area (Å²) < 4.78 is 7.46. The fourth-order valence-electron chi connectivity index (χ4n) is 4.11. The topological polar surface area (TPSA) is 88.2 Å². The molecule has 0 spiro atoms. The van der Waals surface area contributed by atoms with E-state index in [1.54, 1.807) is 30.7 Å². The molecule has 7 nitrogen and oxygen atoms in total. The lowest BCUT2D eigenvalue weighted by Gasteiger charge is -2.26. The van der Waals surface area contributed by atoms with Crippen LogP contribution < -0.4 is 4.74 Å². The number of likely N-dealkylation sites (N-methyl/N-ethyl adjacent to an activating group) is 1. The van der Waals surface area contributed by atoms with Crippen LogP contribution in [0.15, 0.2) is 84.1 Å². The average Bonchev–Trinajstić information content (AvgIpc) is 3.31. The van der Waals surface area contributed by atoms with Gasteiger partial charge in [-0.2, -0.15) is 10.4 Å². The molecule has 1 aliphatic rings. The first-order chi connectivity index (χ1) is 17.4. The predicted molar refractivity (Wildman–Crippen MR) is 138 cm³/mol. The number of imide groups is 1. The average molecular weight is 479 g/mol. The monoisotopic (exact) mass is 478 g/mol. The van der Waals surface area contributed by atoms with E-state index in [0.717, 1.165) is 27.5 Å². The molecular formula is C29H26N4O3. The van der Waals surface area contributed by atoms with Gasteiger partial charge in [-0.15, -0.1) is 0 Å². The zero-order chi connectivity index (χ0) is 25.8. The zero-order valence-electron chi connectivity index (χ0n) is 20.5. The van der Waals surface area contributed by atoms with Crippen molar-refractivity contribution in [2.24, 2.45) is 0 Å². The van der Waals surface area contributed by atoms with E-state index in [4.69, 9.17) is 9.84 Å².